The molecule has 2 rings (SSSR count). The number of hydrogen-bond acceptors (Lipinski definition) is 4. The lowest BCUT2D eigenvalue weighted by molar-refractivity contribution is 0.0677. The summed E-state index contributed by atoms with van der Waals surface area (Å²) in [5.74, 6) is 0.201. The van der Waals surface area contributed by atoms with Crippen molar-refractivity contribution in [1.82, 2.24) is 10.2 Å². The lowest BCUT2D eigenvalue weighted by atomic mass is 9.93. The summed E-state index contributed by atoms with van der Waals surface area (Å²) in [6.07, 6.45) is 1.31. The van der Waals surface area contributed by atoms with E-state index in [1.54, 1.807) is 0 Å². The van der Waals surface area contributed by atoms with Crippen molar-refractivity contribution in [1.29, 1.82) is 0 Å². The summed E-state index contributed by atoms with van der Waals surface area (Å²) in [5.41, 5.74) is 1.23. The molecule has 1 aliphatic rings. The molecule has 21 heavy (non-hydrogen) atoms. The van der Waals surface area contributed by atoms with E-state index in [0.717, 1.165) is 13.1 Å². The van der Waals surface area contributed by atoms with Crippen LogP contribution in [-0.4, -0.2) is 50.0 Å². The van der Waals surface area contributed by atoms with Crippen LogP contribution in [0, 0.1) is 0 Å². The Balaban J connectivity index is 2.26. The molecular weight excluding hydrogens is 284 g/mol. The van der Waals surface area contributed by atoms with Crippen molar-refractivity contribution < 1.29 is 8.42 Å². The summed E-state index contributed by atoms with van der Waals surface area (Å²) in [6, 6.07) is 10.5. The molecule has 1 heterocycles. The molecule has 0 saturated carbocycles. The van der Waals surface area contributed by atoms with Gasteiger partial charge in [-0.05, 0) is 26.3 Å². The van der Waals surface area contributed by atoms with E-state index in [1.165, 1.54) is 11.8 Å². The van der Waals surface area contributed by atoms with Crippen LogP contribution >= 0.6 is 0 Å². The smallest absolute Gasteiger partial charge is 0.148 e. The van der Waals surface area contributed by atoms with E-state index < -0.39 is 9.84 Å². The molecule has 0 amide bonds. The molecule has 1 fully saturated rings. The highest BCUT2D eigenvalue weighted by atomic mass is 32.2. The lowest BCUT2D eigenvalue weighted by Gasteiger charge is -2.47. The SMILES string of the molecule is CC(CS(C)(=O)=O)N1CC(C)(C)NCC1c1ccccc1. The molecule has 2 unspecified atom stereocenters. The molecule has 1 aliphatic heterocycles. The molecule has 0 bridgehead atoms. The van der Waals surface area contributed by atoms with Gasteiger partial charge in [-0.2, -0.15) is 0 Å². The second-order valence-electron chi connectivity index (χ2n) is 6.81. The Morgan fingerprint density at radius 2 is 1.95 bits per heavy atom. The second-order valence-corrected chi connectivity index (χ2v) is 8.99. The maximum Gasteiger partial charge on any atom is 0.148 e. The zero-order valence-electron chi connectivity index (χ0n) is 13.3. The molecule has 0 aromatic heterocycles. The zero-order chi connectivity index (χ0) is 15.7. The van der Waals surface area contributed by atoms with Gasteiger partial charge in [0, 0.05) is 37.0 Å². The van der Waals surface area contributed by atoms with Crippen LogP contribution in [0.1, 0.15) is 32.4 Å². The lowest BCUT2D eigenvalue weighted by Crippen LogP contribution is -2.60. The first-order chi connectivity index (χ1) is 9.68. The zero-order valence-corrected chi connectivity index (χ0v) is 14.2. The molecule has 1 saturated heterocycles. The van der Waals surface area contributed by atoms with E-state index in [0.29, 0.717) is 0 Å². The molecule has 0 aliphatic carbocycles. The van der Waals surface area contributed by atoms with Crippen molar-refractivity contribution in [3.8, 4) is 0 Å². The minimum absolute atomic E-state index is 0.00293. The summed E-state index contributed by atoms with van der Waals surface area (Å²) in [4.78, 5) is 2.33. The van der Waals surface area contributed by atoms with Gasteiger partial charge < -0.3 is 5.32 Å². The largest absolute Gasteiger partial charge is 0.309 e. The minimum atomic E-state index is -2.98. The predicted molar refractivity (Wildman–Crippen MR) is 87.1 cm³/mol. The van der Waals surface area contributed by atoms with Gasteiger partial charge in [0.15, 0.2) is 0 Å². The van der Waals surface area contributed by atoms with E-state index >= 15 is 0 Å². The predicted octanol–water partition coefficient (Wildman–Crippen LogP) is 1.84. The number of piperazine rings is 1. The standard InChI is InChI=1S/C16H26N2O2S/c1-13(11-21(4,19)20)18-12-16(2,3)17-10-15(18)14-8-6-5-7-9-14/h5-9,13,15,17H,10-12H2,1-4H3. The van der Waals surface area contributed by atoms with Gasteiger partial charge in [0.05, 0.1) is 5.75 Å². The Morgan fingerprint density at radius 1 is 1.33 bits per heavy atom. The van der Waals surface area contributed by atoms with Crippen LogP contribution in [0.2, 0.25) is 0 Å². The van der Waals surface area contributed by atoms with E-state index in [-0.39, 0.29) is 23.4 Å². The molecular formula is C16H26N2O2S. The fourth-order valence-corrected chi connectivity index (χ4v) is 4.16. The van der Waals surface area contributed by atoms with E-state index in [4.69, 9.17) is 0 Å². The third-order valence-electron chi connectivity index (χ3n) is 4.05. The van der Waals surface area contributed by atoms with Gasteiger partial charge in [0.2, 0.25) is 0 Å². The maximum absolute atomic E-state index is 11.6. The third-order valence-corrected chi connectivity index (χ3v) is 5.13. The number of benzene rings is 1. The fourth-order valence-electron chi connectivity index (χ4n) is 3.09. The molecule has 118 valence electrons. The Kier molecular flexibility index (Phi) is 4.76. The van der Waals surface area contributed by atoms with Gasteiger partial charge in [0.1, 0.15) is 9.84 Å². The Morgan fingerprint density at radius 3 is 2.52 bits per heavy atom. The van der Waals surface area contributed by atoms with Gasteiger partial charge in [-0.3, -0.25) is 4.90 Å². The second kappa shape index (κ2) is 6.07. The van der Waals surface area contributed by atoms with Crippen LogP contribution in [0.25, 0.3) is 0 Å². The summed E-state index contributed by atoms with van der Waals surface area (Å²) in [5, 5.41) is 3.56. The molecule has 1 aromatic carbocycles. The highest BCUT2D eigenvalue weighted by molar-refractivity contribution is 7.90. The van der Waals surface area contributed by atoms with Gasteiger partial charge in [0.25, 0.3) is 0 Å². The maximum atomic E-state index is 11.6. The van der Waals surface area contributed by atoms with Gasteiger partial charge in [-0.15, -0.1) is 0 Å². The van der Waals surface area contributed by atoms with Gasteiger partial charge in [-0.25, -0.2) is 8.42 Å². The highest BCUT2D eigenvalue weighted by Crippen LogP contribution is 2.29. The fraction of sp³-hybridized carbons (Fsp3) is 0.625. The molecule has 1 N–H and O–H groups in total. The monoisotopic (exact) mass is 310 g/mol. The van der Waals surface area contributed by atoms with Crippen LogP contribution in [0.4, 0.5) is 0 Å². The molecule has 5 heteroatoms. The Labute approximate surface area is 128 Å². The van der Waals surface area contributed by atoms with Crippen LogP contribution in [0.15, 0.2) is 30.3 Å². The normalized spacial score (nSPS) is 24.7. The summed E-state index contributed by atoms with van der Waals surface area (Å²) >= 11 is 0. The third kappa shape index (κ3) is 4.53. The molecule has 0 radical (unpaired) electrons. The number of rotatable bonds is 4. The first-order valence-electron chi connectivity index (χ1n) is 7.41. The number of hydrogen-bond donors (Lipinski definition) is 1. The minimum Gasteiger partial charge on any atom is -0.309 e. The van der Waals surface area contributed by atoms with Crippen molar-refractivity contribution in [2.24, 2.45) is 0 Å². The molecule has 4 nitrogen and oxygen atoms in total. The van der Waals surface area contributed by atoms with Crippen molar-refractivity contribution in [2.45, 2.75) is 38.4 Å². The quantitative estimate of drug-likeness (QED) is 0.922. The average molecular weight is 310 g/mol. The van der Waals surface area contributed by atoms with Crippen LogP contribution in [0.5, 0.6) is 0 Å². The van der Waals surface area contributed by atoms with Crippen molar-refractivity contribution in [2.75, 3.05) is 25.1 Å². The first-order valence-corrected chi connectivity index (χ1v) is 9.47. The average Bonchev–Trinajstić information content (AvgIpc) is 2.36. The summed E-state index contributed by atoms with van der Waals surface area (Å²) < 4.78 is 23.3. The molecule has 0 spiro atoms. The van der Waals surface area contributed by atoms with Gasteiger partial charge >= 0.3 is 0 Å². The van der Waals surface area contributed by atoms with Crippen molar-refractivity contribution >= 4 is 9.84 Å². The first kappa shape index (κ1) is 16.5. The summed E-state index contributed by atoms with van der Waals surface area (Å²) in [7, 11) is -2.98. The van der Waals surface area contributed by atoms with Crippen LogP contribution in [-0.2, 0) is 9.84 Å². The Bertz CT molecular complexity index is 569. The van der Waals surface area contributed by atoms with Gasteiger partial charge in [-0.1, -0.05) is 30.3 Å². The number of nitrogens with one attached hydrogen (secondary N) is 1. The Hall–Kier alpha value is -0.910. The summed E-state index contributed by atoms with van der Waals surface area (Å²) in [6.45, 7) is 8.01. The van der Waals surface area contributed by atoms with E-state index in [2.05, 4.69) is 36.2 Å². The van der Waals surface area contributed by atoms with Crippen LogP contribution < -0.4 is 5.32 Å². The van der Waals surface area contributed by atoms with E-state index in [1.807, 2.05) is 25.1 Å². The van der Waals surface area contributed by atoms with Crippen molar-refractivity contribution in [3.63, 3.8) is 0 Å². The molecule has 1 aromatic rings. The topological polar surface area (TPSA) is 49.4 Å². The van der Waals surface area contributed by atoms with Crippen molar-refractivity contribution in [3.05, 3.63) is 35.9 Å². The number of sulfone groups is 1. The van der Waals surface area contributed by atoms with Crippen LogP contribution in [0.3, 0.4) is 0 Å². The number of nitrogens with zero attached hydrogens (tertiary/aromatic N) is 1. The highest BCUT2D eigenvalue weighted by Gasteiger charge is 2.36. The molecule has 2 atom stereocenters. The van der Waals surface area contributed by atoms with E-state index in [9.17, 15) is 8.42 Å².